The maximum atomic E-state index is 5.49. The first kappa shape index (κ1) is 12.0. The van der Waals surface area contributed by atoms with Crippen molar-refractivity contribution in [1.29, 1.82) is 0 Å². The molecule has 96 valence electrons. The Morgan fingerprint density at radius 1 is 0.947 bits per heavy atom. The van der Waals surface area contributed by atoms with Crippen LogP contribution in [0.1, 0.15) is 11.1 Å². The van der Waals surface area contributed by atoms with Crippen molar-refractivity contribution in [2.24, 2.45) is 0 Å². The summed E-state index contributed by atoms with van der Waals surface area (Å²) in [7, 11) is 0. The van der Waals surface area contributed by atoms with E-state index in [1.165, 1.54) is 10.9 Å². The minimum absolute atomic E-state index is 0.573. The van der Waals surface area contributed by atoms with Gasteiger partial charge in [0.05, 0.1) is 6.61 Å². The van der Waals surface area contributed by atoms with Crippen molar-refractivity contribution in [3.8, 4) is 0 Å². The Hall–Kier alpha value is -2.10. The summed E-state index contributed by atoms with van der Waals surface area (Å²) in [5.74, 6) is 0. The zero-order valence-corrected chi connectivity index (χ0v) is 10.6. The smallest absolute Gasteiger partial charge is 0.0933 e. The molecule has 0 bridgehead atoms. The van der Waals surface area contributed by atoms with Crippen LogP contribution >= 0.6 is 0 Å². The highest BCUT2D eigenvalue weighted by atomic mass is 16.6. The van der Waals surface area contributed by atoms with Crippen LogP contribution in [-0.2, 0) is 18.0 Å². The van der Waals surface area contributed by atoms with Crippen molar-refractivity contribution >= 4 is 10.9 Å². The van der Waals surface area contributed by atoms with Crippen molar-refractivity contribution in [2.45, 2.75) is 13.2 Å². The van der Waals surface area contributed by atoms with Gasteiger partial charge in [0.25, 0.3) is 0 Å². The fourth-order valence-electron chi connectivity index (χ4n) is 2.14. The second-order valence-corrected chi connectivity index (χ2v) is 4.45. The topological polar surface area (TPSA) is 37.0 Å². The SMILES string of the molecule is c1ccc(CONCc2cccc3[nH]ccc23)cc1. The molecule has 19 heavy (non-hydrogen) atoms. The number of fused-ring (bicyclic) bond motifs is 1. The number of rotatable bonds is 5. The van der Waals surface area contributed by atoms with E-state index in [0.29, 0.717) is 13.2 Å². The van der Waals surface area contributed by atoms with Gasteiger partial charge in [0.15, 0.2) is 0 Å². The van der Waals surface area contributed by atoms with E-state index >= 15 is 0 Å². The van der Waals surface area contributed by atoms with Crippen molar-refractivity contribution in [3.05, 3.63) is 71.9 Å². The fraction of sp³-hybridized carbons (Fsp3) is 0.125. The third-order valence-electron chi connectivity index (χ3n) is 3.13. The van der Waals surface area contributed by atoms with Crippen LogP contribution in [0.3, 0.4) is 0 Å². The number of aromatic amines is 1. The summed E-state index contributed by atoms with van der Waals surface area (Å²) in [6, 6.07) is 18.4. The van der Waals surface area contributed by atoms with Crippen LogP contribution in [0.2, 0.25) is 0 Å². The first-order valence-corrected chi connectivity index (χ1v) is 6.37. The van der Waals surface area contributed by atoms with Crippen LogP contribution in [0.25, 0.3) is 10.9 Å². The number of aromatic nitrogens is 1. The number of hydrogen-bond donors (Lipinski definition) is 2. The molecule has 0 aliphatic rings. The van der Waals surface area contributed by atoms with E-state index in [2.05, 4.69) is 40.8 Å². The highest BCUT2D eigenvalue weighted by Gasteiger charge is 2.01. The lowest BCUT2D eigenvalue weighted by atomic mass is 10.1. The van der Waals surface area contributed by atoms with Crippen molar-refractivity contribution < 1.29 is 4.84 Å². The highest BCUT2D eigenvalue weighted by Crippen LogP contribution is 2.17. The van der Waals surface area contributed by atoms with Gasteiger partial charge in [-0.05, 0) is 23.3 Å². The second-order valence-electron chi connectivity index (χ2n) is 4.45. The largest absolute Gasteiger partial charge is 0.361 e. The number of benzene rings is 2. The molecule has 1 aromatic heterocycles. The van der Waals surface area contributed by atoms with E-state index in [0.717, 1.165) is 11.1 Å². The van der Waals surface area contributed by atoms with Crippen LogP contribution in [0.15, 0.2) is 60.8 Å². The van der Waals surface area contributed by atoms with Gasteiger partial charge in [0, 0.05) is 23.6 Å². The van der Waals surface area contributed by atoms with Crippen LogP contribution in [0.4, 0.5) is 0 Å². The van der Waals surface area contributed by atoms with Gasteiger partial charge < -0.3 is 4.98 Å². The Bertz CT molecular complexity index is 646. The van der Waals surface area contributed by atoms with Gasteiger partial charge in [-0.15, -0.1) is 0 Å². The van der Waals surface area contributed by atoms with E-state index in [4.69, 9.17) is 4.84 Å². The molecule has 3 aromatic rings. The number of H-pyrrole nitrogens is 1. The molecule has 0 unspecified atom stereocenters. The van der Waals surface area contributed by atoms with Crippen molar-refractivity contribution in [2.75, 3.05) is 0 Å². The highest BCUT2D eigenvalue weighted by molar-refractivity contribution is 5.82. The van der Waals surface area contributed by atoms with Crippen LogP contribution in [0.5, 0.6) is 0 Å². The lowest BCUT2D eigenvalue weighted by Crippen LogP contribution is -2.13. The molecule has 2 aromatic carbocycles. The van der Waals surface area contributed by atoms with Crippen molar-refractivity contribution in [1.82, 2.24) is 10.5 Å². The predicted molar refractivity (Wildman–Crippen MR) is 76.4 cm³/mol. The number of nitrogens with one attached hydrogen (secondary N) is 2. The molecule has 3 nitrogen and oxygen atoms in total. The first-order valence-electron chi connectivity index (χ1n) is 6.37. The molecule has 1 heterocycles. The Morgan fingerprint density at radius 3 is 2.74 bits per heavy atom. The Labute approximate surface area is 112 Å². The monoisotopic (exact) mass is 252 g/mol. The molecule has 0 saturated heterocycles. The van der Waals surface area contributed by atoms with E-state index < -0.39 is 0 Å². The first-order chi connectivity index (χ1) is 9.43. The van der Waals surface area contributed by atoms with E-state index in [9.17, 15) is 0 Å². The maximum Gasteiger partial charge on any atom is 0.0933 e. The molecule has 0 saturated carbocycles. The summed E-state index contributed by atoms with van der Waals surface area (Å²) in [6.07, 6.45) is 1.96. The molecular weight excluding hydrogens is 236 g/mol. The summed E-state index contributed by atoms with van der Waals surface area (Å²) in [4.78, 5) is 8.70. The molecule has 0 aliphatic heterocycles. The summed E-state index contributed by atoms with van der Waals surface area (Å²) >= 11 is 0. The normalized spacial score (nSPS) is 10.9. The predicted octanol–water partition coefficient (Wildman–Crippen LogP) is 3.39. The lowest BCUT2D eigenvalue weighted by molar-refractivity contribution is 0.0237. The zero-order valence-electron chi connectivity index (χ0n) is 10.6. The average Bonchev–Trinajstić information content (AvgIpc) is 2.94. The van der Waals surface area contributed by atoms with E-state index in [1.54, 1.807) is 0 Å². The number of hydroxylamine groups is 1. The van der Waals surface area contributed by atoms with Crippen LogP contribution in [-0.4, -0.2) is 4.98 Å². The van der Waals surface area contributed by atoms with Gasteiger partial charge in [-0.2, -0.15) is 5.48 Å². The Balaban J connectivity index is 1.57. The average molecular weight is 252 g/mol. The minimum Gasteiger partial charge on any atom is -0.361 e. The Morgan fingerprint density at radius 2 is 1.84 bits per heavy atom. The lowest BCUT2D eigenvalue weighted by Gasteiger charge is -2.07. The van der Waals surface area contributed by atoms with Gasteiger partial charge in [0.2, 0.25) is 0 Å². The van der Waals surface area contributed by atoms with Gasteiger partial charge in [-0.3, -0.25) is 4.84 Å². The molecule has 0 radical (unpaired) electrons. The molecule has 0 spiro atoms. The molecular formula is C16H16N2O. The van der Waals surface area contributed by atoms with Gasteiger partial charge in [0.1, 0.15) is 0 Å². The summed E-state index contributed by atoms with van der Waals surface area (Å²) in [5.41, 5.74) is 6.56. The van der Waals surface area contributed by atoms with Gasteiger partial charge in [-0.1, -0.05) is 42.5 Å². The maximum absolute atomic E-state index is 5.49. The van der Waals surface area contributed by atoms with Crippen LogP contribution < -0.4 is 5.48 Å². The zero-order chi connectivity index (χ0) is 12.9. The molecule has 0 aliphatic carbocycles. The quantitative estimate of drug-likeness (QED) is 0.539. The van der Waals surface area contributed by atoms with Crippen molar-refractivity contribution in [3.63, 3.8) is 0 Å². The van der Waals surface area contributed by atoms with Gasteiger partial charge >= 0.3 is 0 Å². The van der Waals surface area contributed by atoms with E-state index in [1.807, 2.05) is 30.5 Å². The standard InChI is InChI=1S/C16H16N2O/c1-2-5-13(6-3-1)12-19-18-11-14-7-4-8-16-15(14)9-10-17-16/h1-10,17-18H,11-12H2. The Kier molecular flexibility index (Phi) is 3.58. The minimum atomic E-state index is 0.573. The fourth-order valence-corrected chi connectivity index (χ4v) is 2.14. The van der Waals surface area contributed by atoms with E-state index in [-0.39, 0.29) is 0 Å². The molecule has 3 heteroatoms. The van der Waals surface area contributed by atoms with Crippen LogP contribution in [0, 0.1) is 0 Å². The third-order valence-corrected chi connectivity index (χ3v) is 3.13. The summed E-state index contributed by atoms with van der Waals surface area (Å²) in [5, 5.41) is 1.23. The molecule has 3 rings (SSSR count). The van der Waals surface area contributed by atoms with Gasteiger partial charge in [-0.25, -0.2) is 0 Å². The molecule has 0 atom stereocenters. The molecule has 0 amide bonds. The molecule has 0 fully saturated rings. The molecule has 2 N–H and O–H groups in total. The summed E-state index contributed by atoms with van der Waals surface area (Å²) < 4.78 is 0. The third kappa shape index (κ3) is 2.84. The second kappa shape index (κ2) is 5.69. The number of hydrogen-bond acceptors (Lipinski definition) is 2. The summed E-state index contributed by atoms with van der Waals surface area (Å²) in [6.45, 7) is 1.27.